The van der Waals surface area contributed by atoms with Crippen molar-refractivity contribution in [1.29, 1.82) is 0 Å². The summed E-state index contributed by atoms with van der Waals surface area (Å²) in [5, 5.41) is 22.5. The second kappa shape index (κ2) is 12.1. The van der Waals surface area contributed by atoms with Crippen LogP contribution >= 0.6 is 34.5 Å². The molecule has 1 fully saturated rings. The molecule has 3 N–H and O–H groups in total. The van der Waals surface area contributed by atoms with E-state index in [9.17, 15) is 23.1 Å². The van der Waals surface area contributed by atoms with E-state index in [1.54, 1.807) is 25.1 Å². The number of ether oxygens (including phenoxy) is 1. The molecule has 0 bridgehead atoms. The number of rotatable bonds is 10. The Labute approximate surface area is 240 Å². The molecule has 1 saturated heterocycles. The summed E-state index contributed by atoms with van der Waals surface area (Å²) in [5.74, 6) is -2.56. The predicted octanol–water partition coefficient (Wildman–Crippen LogP) is 5.60. The van der Waals surface area contributed by atoms with E-state index in [2.05, 4.69) is 5.32 Å². The zero-order chi connectivity index (χ0) is 28.3. The number of aromatic carboxylic acids is 1. The van der Waals surface area contributed by atoms with Crippen LogP contribution in [-0.4, -0.2) is 60.6 Å². The van der Waals surface area contributed by atoms with Gasteiger partial charge in [0.2, 0.25) is 10.0 Å². The van der Waals surface area contributed by atoms with Gasteiger partial charge in [-0.2, -0.15) is 0 Å². The van der Waals surface area contributed by atoms with Gasteiger partial charge in [-0.05, 0) is 49.1 Å². The number of nitrogens with one attached hydrogen (secondary N) is 1. The van der Waals surface area contributed by atoms with Crippen molar-refractivity contribution in [3.8, 4) is 16.2 Å². The van der Waals surface area contributed by atoms with E-state index in [1.165, 1.54) is 4.31 Å². The SMILES string of the molecule is Cc1c(-c2cccc(NC3CCN(S(=O)(=O)Cc4cccc(Cl)c4Cl)CC3)c2)sc(C(=O)O)c1OCC(=O)O. The smallest absolute Gasteiger partial charge is 0.349 e. The first kappa shape index (κ1) is 29.2. The lowest BCUT2D eigenvalue weighted by Gasteiger charge is -2.32. The van der Waals surface area contributed by atoms with Crippen LogP contribution in [0.1, 0.15) is 33.6 Å². The second-order valence-corrected chi connectivity index (χ2v) is 12.8. The Hall–Kier alpha value is -2.83. The third-order valence-corrected chi connectivity index (χ3v) is 10.3. The van der Waals surface area contributed by atoms with Crippen molar-refractivity contribution in [2.75, 3.05) is 25.0 Å². The van der Waals surface area contributed by atoms with E-state index in [1.807, 2.05) is 24.3 Å². The molecule has 4 rings (SSSR count). The largest absolute Gasteiger partial charge is 0.480 e. The molecule has 208 valence electrons. The average Bonchev–Trinajstić information content (AvgIpc) is 3.22. The number of carboxylic acids is 2. The monoisotopic (exact) mass is 612 g/mol. The zero-order valence-corrected chi connectivity index (χ0v) is 24.0. The molecular weight excluding hydrogens is 587 g/mol. The number of thiophene rings is 1. The van der Waals surface area contributed by atoms with E-state index in [-0.39, 0.29) is 27.4 Å². The summed E-state index contributed by atoms with van der Waals surface area (Å²) in [5.41, 5.74) is 2.58. The first-order chi connectivity index (χ1) is 18.5. The minimum absolute atomic E-state index is 0.0370. The van der Waals surface area contributed by atoms with Gasteiger partial charge >= 0.3 is 11.9 Å². The molecule has 1 aliphatic heterocycles. The molecule has 0 spiro atoms. The van der Waals surface area contributed by atoms with E-state index in [0.29, 0.717) is 47.0 Å². The molecule has 0 amide bonds. The van der Waals surface area contributed by atoms with Gasteiger partial charge in [-0.15, -0.1) is 11.3 Å². The minimum Gasteiger partial charge on any atom is -0.480 e. The van der Waals surface area contributed by atoms with Gasteiger partial charge in [-0.1, -0.05) is 47.5 Å². The Morgan fingerprint density at radius 1 is 1.13 bits per heavy atom. The van der Waals surface area contributed by atoms with Crippen LogP contribution in [0, 0.1) is 6.92 Å². The molecule has 2 aromatic carbocycles. The molecule has 13 heteroatoms. The Bertz CT molecular complexity index is 1500. The van der Waals surface area contributed by atoms with Crippen LogP contribution in [0.2, 0.25) is 10.0 Å². The number of anilines is 1. The number of carbonyl (C=O) groups is 2. The highest BCUT2D eigenvalue weighted by molar-refractivity contribution is 7.88. The number of aliphatic carboxylic acids is 1. The maximum Gasteiger partial charge on any atom is 0.349 e. The standard InChI is InChI=1S/C26H26Cl2N2O7S2/c1-15-23(37-13-21(31)32)25(26(33)34)38-24(15)16-4-2-6-19(12-16)29-18-8-10-30(11-9-18)39(35,36)14-17-5-3-7-20(27)22(17)28/h2-7,12,18,29H,8-11,13-14H2,1H3,(H,31,32)(H,33,34). The van der Waals surface area contributed by atoms with Crippen LogP contribution in [0.3, 0.4) is 0 Å². The lowest BCUT2D eigenvalue weighted by molar-refractivity contribution is -0.139. The van der Waals surface area contributed by atoms with E-state index in [0.717, 1.165) is 22.6 Å². The van der Waals surface area contributed by atoms with Crippen molar-refractivity contribution >= 4 is 62.2 Å². The van der Waals surface area contributed by atoms with Crippen LogP contribution in [0.5, 0.6) is 5.75 Å². The second-order valence-electron chi connectivity index (χ2n) is 9.07. The lowest BCUT2D eigenvalue weighted by atomic mass is 10.0. The molecule has 0 radical (unpaired) electrons. The number of nitrogens with zero attached hydrogens (tertiary/aromatic N) is 1. The fourth-order valence-electron chi connectivity index (χ4n) is 4.43. The summed E-state index contributed by atoms with van der Waals surface area (Å²) in [6.45, 7) is 1.77. The van der Waals surface area contributed by atoms with Crippen LogP contribution in [0.4, 0.5) is 5.69 Å². The maximum absolute atomic E-state index is 13.0. The highest BCUT2D eigenvalue weighted by Gasteiger charge is 2.29. The Kier molecular flexibility index (Phi) is 9.07. The molecule has 2 heterocycles. The van der Waals surface area contributed by atoms with Crippen molar-refractivity contribution in [2.45, 2.75) is 31.6 Å². The third-order valence-electron chi connectivity index (χ3n) is 6.34. The Balaban J connectivity index is 1.43. The predicted molar refractivity (Wildman–Crippen MR) is 152 cm³/mol. The normalized spacial score (nSPS) is 14.7. The lowest BCUT2D eigenvalue weighted by Crippen LogP contribution is -2.42. The first-order valence-corrected chi connectivity index (χ1v) is 15.1. The van der Waals surface area contributed by atoms with Gasteiger partial charge in [-0.3, -0.25) is 0 Å². The van der Waals surface area contributed by atoms with Gasteiger partial charge in [0.15, 0.2) is 11.5 Å². The van der Waals surface area contributed by atoms with Gasteiger partial charge in [0.1, 0.15) is 5.75 Å². The van der Waals surface area contributed by atoms with Crippen molar-refractivity contribution in [1.82, 2.24) is 4.31 Å². The van der Waals surface area contributed by atoms with E-state index < -0.39 is 28.6 Å². The summed E-state index contributed by atoms with van der Waals surface area (Å²) >= 11 is 13.2. The third kappa shape index (κ3) is 6.85. The highest BCUT2D eigenvalue weighted by atomic mass is 35.5. The molecule has 1 aliphatic rings. The summed E-state index contributed by atoms with van der Waals surface area (Å²) in [6.07, 6.45) is 1.20. The van der Waals surface area contributed by atoms with Gasteiger partial charge in [0.05, 0.1) is 15.8 Å². The molecule has 0 atom stereocenters. The van der Waals surface area contributed by atoms with Crippen molar-refractivity contribution in [2.24, 2.45) is 0 Å². The van der Waals surface area contributed by atoms with E-state index in [4.69, 9.17) is 33.0 Å². The summed E-state index contributed by atoms with van der Waals surface area (Å²) in [4.78, 5) is 23.3. The van der Waals surface area contributed by atoms with Crippen molar-refractivity contribution < 1.29 is 33.0 Å². The quantitative estimate of drug-likeness (QED) is 0.269. The summed E-state index contributed by atoms with van der Waals surface area (Å²) < 4.78 is 32.7. The molecule has 0 unspecified atom stereocenters. The molecule has 1 aromatic heterocycles. The van der Waals surface area contributed by atoms with Crippen molar-refractivity contribution in [3.05, 3.63) is 68.5 Å². The number of carboxylic acid groups (broad SMARTS) is 2. The van der Waals surface area contributed by atoms with Crippen LogP contribution in [0.25, 0.3) is 10.4 Å². The Morgan fingerprint density at radius 3 is 2.49 bits per heavy atom. The molecule has 39 heavy (non-hydrogen) atoms. The van der Waals surface area contributed by atoms with Gasteiger partial charge in [0, 0.05) is 35.3 Å². The highest BCUT2D eigenvalue weighted by Crippen LogP contribution is 2.42. The van der Waals surface area contributed by atoms with E-state index >= 15 is 0 Å². The topological polar surface area (TPSA) is 133 Å². The van der Waals surface area contributed by atoms with Gasteiger partial charge in [-0.25, -0.2) is 22.3 Å². The maximum atomic E-state index is 13.0. The fraction of sp³-hybridized carbons (Fsp3) is 0.308. The molecule has 0 aliphatic carbocycles. The number of halogens is 2. The van der Waals surface area contributed by atoms with Crippen LogP contribution in [-0.2, 0) is 20.6 Å². The number of hydrogen-bond donors (Lipinski definition) is 3. The number of piperidine rings is 1. The van der Waals surface area contributed by atoms with Crippen LogP contribution in [0.15, 0.2) is 42.5 Å². The van der Waals surface area contributed by atoms with Crippen molar-refractivity contribution in [3.63, 3.8) is 0 Å². The number of benzene rings is 2. The molecule has 9 nitrogen and oxygen atoms in total. The molecule has 0 saturated carbocycles. The van der Waals surface area contributed by atoms with Gasteiger partial charge < -0.3 is 20.3 Å². The summed E-state index contributed by atoms with van der Waals surface area (Å²) in [7, 11) is -3.57. The summed E-state index contributed by atoms with van der Waals surface area (Å²) in [6, 6.07) is 12.4. The molecule has 3 aromatic rings. The average molecular weight is 614 g/mol. The fourth-order valence-corrected chi connectivity index (χ4v) is 7.57. The zero-order valence-electron chi connectivity index (χ0n) is 20.8. The number of hydrogen-bond acceptors (Lipinski definition) is 7. The Morgan fingerprint density at radius 2 is 1.82 bits per heavy atom. The minimum atomic E-state index is -3.57. The number of sulfonamides is 1. The van der Waals surface area contributed by atoms with Gasteiger partial charge in [0.25, 0.3) is 0 Å². The van der Waals surface area contributed by atoms with Crippen LogP contribution < -0.4 is 10.1 Å². The first-order valence-electron chi connectivity index (χ1n) is 11.9. The molecular formula is C26H26Cl2N2O7S2.